The van der Waals surface area contributed by atoms with Crippen molar-refractivity contribution in [3.05, 3.63) is 247 Å². The Morgan fingerprint density at radius 3 is 1.44 bits per heavy atom. The third-order valence-corrected chi connectivity index (χ3v) is 13.7. The van der Waals surface area contributed by atoms with Crippen LogP contribution >= 0.6 is 11.3 Å². The van der Waals surface area contributed by atoms with E-state index in [4.69, 9.17) is 15.0 Å². The Hall–Kier alpha value is -7.79. The molecule has 0 amide bonds. The van der Waals surface area contributed by atoms with Gasteiger partial charge in [0.25, 0.3) is 0 Å². The monoisotopic (exact) mass is 807 g/mol. The Morgan fingerprint density at radius 1 is 0.306 bits per heavy atom. The molecule has 0 atom stereocenters. The number of nitrogens with zero attached hydrogens (tertiary/aromatic N) is 3. The van der Waals surface area contributed by atoms with Gasteiger partial charge < -0.3 is 0 Å². The summed E-state index contributed by atoms with van der Waals surface area (Å²) in [6.45, 7) is 0. The molecule has 0 unspecified atom stereocenters. The lowest BCUT2D eigenvalue weighted by molar-refractivity contribution is 0.768. The van der Waals surface area contributed by atoms with Crippen LogP contribution in [0.5, 0.6) is 0 Å². The first-order chi connectivity index (χ1) is 30.8. The molecular formula is C58H37N3S. The van der Waals surface area contributed by atoms with Gasteiger partial charge in [0.05, 0.1) is 5.41 Å². The number of fused-ring (bicyclic) bond motifs is 6. The largest absolute Gasteiger partial charge is 0.208 e. The molecule has 12 rings (SSSR count). The summed E-state index contributed by atoms with van der Waals surface area (Å²) in [5.41, 5.74) is 14.3. The summed E-state index contributed by atoms with van der Waals surface area (Å²) in [5, 5.41) is 2.45. The van der Waals surface area contributed by atoms with E-state index in [1.165, 1.54) is 53.6 Å². The fourth-order valence-corrected chi connectivity index (χ4v) is 11.0. The molecule has 62 heavy (non-hydrogen) atoms. The summed E-state index contributed by atoms with van der Waals surface area (Å²) in [4.78, 5) is 16.1. The van der Waals surface area contributed by atoms with Crippen LogP contribution in [0.25, 0.3) is 87.7 Å². The van der Waals surface area contributed by atoms with Crippen molar-refractivity contribution in [3.8, 4) is 67.5 Å². The minimum Gasteiger partial charge on any atom is -0.208 e. The molecule has 11 aromatic rings. The Labute approximate surface area is 364 Å². The van der Waals surface area contributed by atoms with Crippen molar-refractivity contribution < 1.29 is 0 Å². The van der Waals surface area contributed by atoms with Gasteiger partial charge in [-0.1, -0.05) is 206 Å². The van der Waals surface area contributed by atoms with Crippen LogP contribution in [0.15, 0.2) is 224 Å². The van der Waals surface area contributed by atoms with E-state index < -0.39 is 5.41 Å². The highest BCUT2D eigenvalue weighted by Crippen LogP contribution is 2.57. The molecule has 0 radical (unpaired) electrons. The Bertz CT molecular complexity index is 3430. The van der Waals surface area contributed by atoms with Crippen molar-refractivity contribution in [3.63, 3.8) is 0 Å². The molecule has 0 aliphatic heterocycles. The highest BCUT2D eigenvalue weighted by atomic mass is 32.1. The second kappa shape index (κ2) is 14.7. The molecule has 0 saturated carbocycles. The summed E-state index contributed by atoms with van der Waals surface area (Å²) in [5.74, 6) is 1.92. The molecule has 0 fully saturated rings. The number of aromatic nitrogens is 3. The molecular weight excluding hydrogens is 771 g/mol. The molecule has 1 aliphatic rings. The smallest absolute Gasteiger partial charge is 0.165 e. The predicted molar refractivity (Wildman–Crippen MR) is 257 cm³/mol. The van der Waals surface area contributed by atoms with Crippen molar-refractivity contribution in [2.24, 2.45) is 0 Å². The molecule has 9 aromatic carbocycles. The topological polar surface area (TPSA) is 38.7 Å². The van der Waals surface area contributed by atoms with Crippen LogP contribution in [-0.4, -0.2) is 15.0 Å². The van der Waals surface area contributed by atoms with E-state index in [1.54, 1.807) is 11.3 Å². The highest BCUT2D eigenvalue weighted by Gasteiger charge is 2.46. The highest BCUT2D eigenvalue weighted by molar-refractivity contribution is 7.26. The standard InChI is InChI=1S/C58H37N3S/c1-4-19-38(20-5-1)42-25-10-12-29-47(42)55-59-56(61-57(60-55)49-32-18-31-46-45-28-15-17-34-53(45)62-54(46)49)48-30-13-11-26-43(48)39-35-36-52-50(37-39)44-27-14-16-33-51(44)58(52,40-21-6-2-7-22-40)41-23-8-3-9-24-41/h1-37H. The first-order valence-corrected chi connectivity index (χ1v) is 21.8. The lowest BCUT2D eigenvalue weighted by Gasteiger charge is -2.33. The Kier molecular flexibility index (Phi) is 8.58. The van der Waals surface area contributed by atoms with Gasteiger partial charge in [0.15, 0.2) is 17.5 Å². The van der Waals surface area contributed by atoms with Crippen molar-refractivity contribution in [2.75, 3.05) is 0 Å². The Morgan fingerprint density at radius 2 is 0.774 bits per heavy atom. The third kappa shape index (κ3) is 5.68. The van der Waals surface area contributed by atoms with Gasteiger partial charge in [0.2, 0.25) is 0 Å². The fraction of sp³-hybridized carbons (Fsp3) is 0.0172. The van der Waals surface area contributed by atoms with E-state index in [1.807, 2.05) is 0 Å². The summed E-state index contributed by atoms with van der Waals surface area (Å²) in [7, 11) is 0. The minimum absolute atomic E-state index is 0.468. The van der Waals surface area contributed by atoms with Crippen LogP contribution in [0.2, 0.25) is 0 Å². The molecule has 1 aliphatic carbocycles. The van der Waals surface area contributed by atoms with E-state index in [0.29, 0.717) is 17.5 Å². The van der Waals surface area contributed by atoms with E-state index in [2.05, 4.69) is 224 Å². The summed E-state index contributed by atoms with van der Waals surface area (Å²) < 4.78 is 2.41. The maximum Gasteiger partial charge on any atom is 0.165 e. The fourth-order valence-electron chi connectivity index (χ4n) is 9.75. The first-order valence-electron chi connectivity index (χ1n) is 21.0. The van der Waals surface area contributed by atoms with Crippen molar-refractivity contribution in [2.45, 2.75) is 5.41 Å². The van der Waals surface area contributed by atoms with E-state index in [9.17, 15) is 0 Å². The van der Waals surface area contributed by atoms with E-state index in [0.717, 1.165) is 38.9 Å². The van der Waals surface area contributed by atoms with Gasteiger partial charge >= 0.3 is 0 Å². The van der Waals surface area contributed by atoms with Gasteiger partial charge in [-0.2, -0.15) is 0 Å². The van der Waals surface area contributed by atoms with Crippen LogP contribution in [0.3, 0.4) is 0 Å². The zero-order valence-corrected chi connectivity index (χ0v) is 34.4. The lowest BCUT2D eigenvalue weighted by atomic mass is 9.67. The van der Waals surface area contributed by atoms with E-state index >= 15 is 0 Å². The van der Waals surface area contributed by atoms with Crippen LogP contribution in [0.4, 0.5) is 0 Å². The van der Waals surface area contributed by atoms with Crippen molar-refractivity contribution in [1.82, 2.24) is 15.0 Å². The number of hydrogen-bond acceptors (Lipinski definition) is 4. The maximum absolute atomic E-state index is 5.40. The quantitative estimate of drug-likeness (QED) is 0.161. The van der Waals surface area contributed by atoms with Crippen LogP contribution in [0, 0.1) is 0 Å². The predicted octanol–water partition coefficient (Wildman–Crippen LogP) is 14.9. The molecule has 4 heteroatoms. The third-order valence-electron chi connectivity index (χ3n) is 12.5. The van der Waals surface area contributed by atoms with E-state index in [-0.39, 0.29) is 0 Å². The molecule has 0 bridgehead atoms. The molecule has 0 N–H and O–H groups in total. The van der Waals surface area contributed by atoms with Gasteiger partial charge in [-0.15, -0.1) is 11.3 Å². The number of thiophene rings is 1. The maximum atomic E-state index is 5.40. The molecule has 0 spiro atoms. The Balaban J connectivity index is 1.08. The lowest BCUT2D eigenvalue weighted by Crippen LogP contribution is -2.28. The number of benzene rings is 9. The number of rotatable bonds is 7. The average Bonchev–Trinajstić information content (AvgIpc) is 3.88. The average molecular weight is 808 g/mol. The van der Waals surface area contributed by atoms with Crippen molar-refractivity contribution in [1.29, 1.82) is 0 Å². The summed E-state index contributed by atoms with van der Waals surface area (Å²) in [6.07, 6.45) is 0. The van der Waals surface area contributed by atoms with Crippen LogP contribution < -0.4 is 0 Å². The molecule has 3 nitrogen and oxygen atoms in total. The van der Waals surface area contributed by atoms with Crippen LogP contribution in [-0.2, 0) is 5.41 Å². The van der Waals surface area contributed by atoms with Gasteiger partial charge in [-0.3, -0.25) is 0 Å². The van der Waals surface area contributed by atoms with Gasteiger partial charge in [0.1, 0.15) is 0 Å². The van der Waals surface area contributed by atoms with Crippen molar-refractivity contribution >= 4 is 31.5 Å². The zero-order valence-electron chi connectivity index (χ0n) is 33.6. The second-order valence-electron chi connectivity index (χ2n) is 15.8. The van der Waals surface area contributed by atoms with Gasteiger partial charge in [-0.25, -0.2) is 15.0 Å². The minimum atomic E-state index is -0.468. The second-order valence-corrected chi connectivity index (χ2v) is 16.9. The zero-order chi connectivity index (χ0) is 41.0. The van der Waals surface area contributed by atoms with Crippen LogP contribution in [0.1, 0.15) is 22.3 Å². The first kappa shape index (κ1) is 36.1. The van der Waals surface area contributed by atoms with Gasteiger partial charge in [0, 0.05) is 36.9 Å². The molecule has 2 aromatic heterocycles. The molecule has 0 saturated heterocycles. The molecule has 2 heterocycles. The normalized spacial score (nSPS) is 12.6. The summed E-state index contributed by atoms with van der Waals surface area (Å²) >= 11 is 1.79. The van der Waals surface area contributed by atoms with Gasteiger partial charge in [-0.05, 0) is 73.8 Å². The SMILES string of the molecule is c1ccc(-c2ccccc2-c2nc(-c3ccccc3-c3ccc4c(c3)-c3ccccc3C4(c3ccccc3)c3ccccc3)nc(-c3cccc4c3sc3ccccc34)n2)cc1. The molecule has 290 valence electrons. The number of hydrogen-bond donors (Lipinski definition) is 0. The summed E-state index contributed by atoms with van der Waals surface area (Å²) in [6, 6.07) is 80.4.